The Morgan fingerprint density at radius 3 is 2.21 bits per heavy atom. The highest BCUT2D eigenvalue weighted by Gasteiger charge is 2.59. The predicted molar refractivity (Wildman–Crippen MR) is 72.5 cm³/mol. The van der Waals surface area contributed by atoms with Crippen LogP contribution in [0.1, 0.15) is 44.9 Å². The minimum Gasteiger partial charge on any atom is -0.468 e. The van der Waals surface area contributed by atoms with Crippen molar-refractivity contribution < 1.29 is 9.53 Å². The van der Waals surface area contributed by atoms with Crippen LogP contribution >= 0.6 is 0 Å². The molecular formula is C16H25NO2. The normalized spacial score (nSPS) is 51.5. The van der Waals surface area contributed by atoms with Gasteiger partial charge in [0, 0.05) is 0 Å². The minimum absolute atomic E-state index is 0.0162. The number of nitrogens with one attached hydrogen (secondary N) is 1. The van der Waals surface area contributed by atoms with Gasteiger partial charge in [-0.1, -0.05) is 0 Å². The van der Waals surface area contributed by atoms with Crippen LogP contribution in [-0.4, -0.2) is 25.2 Å². The van der Waals surface area contributed by atoms with Gasteiger partial charge in [0.2, 0.25) is 0 Å². The predicted octanol–water partition coefficient (Wildman–Crippen LogP) is 2.35. The first-order valence-electron chi connectivity index (χ1n) is 8.06. The molecule has 0 aromatic rings. The molecule has 3 heteroatoms. The van der Waals surface area contributed by atoms with Crippen molar-refractivity contribution in [2.75, 3.05) is 13.7 Å². The van der Waals surface area contributed by atoms with Crippen LogP contribution in [0.4, 0.5) is 0 Å². The maximum Gasteiger partial charge on any atom is 0.326 e. The first-order valence-corrected chi connectivity index (χ1v) is 8.06. The van der Waals surface area contributed by atoms with Gasteiger partial charge in [0.05, 0.1) is 7.11 Å². The second-order valence-corrected chi connectivity index (χ2v) is 7.45. The molecule has 1 heterocycles. The fourth-order valence-corrected chi connectivity index (χ4v) is 6.27. The molecule has 4 bridgehead atoms. The monoisotopic (exact) mass is 263 g/mol. The molecule has 0 radical (unpaired) electrons. The van der Waals surface area contributed by atoms with Gasteiger partial charge in [-0.25, -0.2) is 0 Å². The Morgan fingerprint density at radius 2 is 1.74 bits per heavy atom. The third kappa shape index (κ3) is 1.63. The first-order chi connectivity index (χ1) is 9.23. The number of hydrogen-bond donors (Lipinski definition) is 1. The molecule has 0 aromatic heterocycles. The van der Waals surface area contributed by atoms with Crippen molar-refractivity contribution in [3.8, 4) is 0 Å². The van der Waals surface area contributed by atoms with E-state index in [9.17, 15) is 4.79 Å². The molecule has 1 aliphatic heterocycles. The number of hydrogen-bond acceptors (Lipinski definition) is 3. The topological polar surface area (TPSA) is 38.3 Å². The zero-order valence-corrected chi connectivity index (χ0v) is 11.9. The summed E-state index contributed by atoms with van der Waals surface area (Å²) in [7, 11) is 1.56. The van der Waals surface area contributed by atoms with E-state index in [1.165, 1.54) is 32.1 Å². The Kier molecular flexibility index (Phi) is 2.70. The van der Waals surface area contributed by atoms with Crippen LogP contribution in [0.25, 0.3) is 0 Å². The molecule has 1 saturated heterocycles. The summed E-state index contributed by atoms with van der Waals surface area (Å²) in [5, 5.41) is 3.57. The van der Waals surface area contributed by atoms with Crippen molar-refractivity contribution in [3.63, 3.8) is 0 Å². The molecule has 4 aliphatic carbocycles. The smallest absolute Gasteiger partial charge is 0.326 e. The molecule has 5 fully saturated rings. The van der Waals surface area contributed by atoms with Gasteiger partial charge in [-0.3, -0.25) is 4.79 Å². The highest BCUT2D eigenvalue weighted by Crippen LogP contribution is 2.60. The maximum absolute atomic E-state index is 12.5. The zero-order valence-electron chi connectivity index (χ0n) is 11.9. The van der Waals surface area contributed by atoms with E-state index >= 15 is 0 Å². The molecule has 1 unspecified atom stereocenters. The largest absolute Gasteiger partial charge is 0.468 e. The third-order valence-corrected chi connectivity index (χ3v) is 6.53. The van der Waals surface area contributed by atoms with Gasteiger partial charge in [0.25, 0.3) is 0 Å². The van der Waals surface area contributed by atoms with Crippen molar-refractivity contribution in [1.29, 1.82) is 0 Å². The van der Waals surface area contributed by atoms with Crippen LogP contribution in [0.3, 0.4) is 0 Å². The molecule has 3 nitrogen and oxygen atoms in total. The fourth-order valence-electron chi connectivity index (χ4n) is 6.27. The average molecular weight is 263 g/mol. The molecular weight excluding hydrogens is 238 g/mol. The lowest BCUT2D eigenvalue weighted by Gasteiger charge is -2.58. The number of methoxy groups -OCH3 is 1. The SMILES string of the molecule is COC(=O)C1(C2C3CC4CC(C3)CC2C4)CCCN1. The van der Waals surface area contributed by atoms with E-state index in [1.807, 2.05) is 0 Å². The van der Waals surface area contributed by atoms with Crippen LogP contribution in [0, 0.1) is 29.6 Å². The zero-order chi connectivity index (χ0) is 13.0. The summed E-state index contributed by atoms with van der Waals surface area (Å²) in [5.74, 6) is 4.06. The fraction of sp³-hybridized carbons (Fsp3) is 0.938. The molecule has 4 saturated carbocycles. The number of carbonyl (C=O) groups is 1. The van der Waals surface area contributed by atoms with Gasteiger partial charge in [-0.2, -0.15) is 0 Å². The summed E-state index contributed by atoms with van der Waals surface area (Å²) < 4.78 is 5.19. The van der Waals surface area contributed by atoms with Gasteiger partial charge >= 0.3 is 5.97 Å². The lowest BCUT2D eigenvalue weighted by molar-refractivity contribution is -0.160. The first kappa shape index (κ1) is 12.2. The van der Waals surface area contributed by atoms with E-state index in [0.717, 1.165) is 43.1 Å². The van der Waals surface area contributed by atoms with Crippen molar-refractivity contribution >= 4 is 5.97 Å². The molecule has 106 valence electrons. The molecule has 5 aliphatic rings. The summed E-state index contributed by atoms with van der Waals surface area (Å²) in [5.41, 5.74) is -0.336. The van der Waals surface area contributed by atoms with Crippen LogP contribution < -0.4 is 5.32 Å². The summed E-state index contributed by atoms with van der Waals surface area (Å²) in [6, 6.07) is 0. The Morgan fingerprint density at radius 1 is 1.11 bits per heavy atom. The third-order valence-electron chi connectivity index (χ3n) is 6.53. The molecule has 5 rings (SSSR count). The van der Waals surface area contributed by atoms with Crippen LogP contribution in [0.5, 0.6) is 0 Å². The van der Waals surface area contributed by atoms with E-state index in [1.54, 1.807) is 7.11 Å². The molecule has 0 aromatic carbocycles. The van der Waals surface area contributed by atoms with Crippen molar-refractivity contribution in [3.05, 3.63) is 0 Å². The van der Waals surface area contributed by atoms with Gasteiger partial charge < -0.3 is 10.1 Å². The number of carbonyl (C=O) groups excluding carboxylic acids is 1. The van der Waals surface area contributed by atoms with Crippen molar-refractivity contribution in [2.45, 2.75) is 50.5 Å². The van der Waals surface area contributed by atoms with E-state index < -0.39 is 0 Å². The van der Waals surface area contributed by atoms with E-state index in [4.69, 9.17) is 4.74 Å². The Balaban J connectivity index is 1.68. The molecule has 1 N–H and O–H groups in total. The van der Waals surface area contributed by atoms with Gasteiger partial charge in [0.15, 0.2) is 0 Å². The Labute approximate surface area is 115 Å². The quantitative estimate of drug-likeness (QED) is 0.777. The van der Waals surface area contributed by atoms with Crippen LogP contribution in [-0.2, 0) is 9.53 Å². The molecule has 0 amide bonds. The lowest BCUT2D eigenvalue weighted by Crippen LogP contribution is -2.62. The summed E-state index contributed by atoms with van der Waals surface area (Å²) in [6.07, 6.45) is 9.08. The number of rotatable bonds is 2. The number of esters is 1. The molecule has 1 atom stereocenters. The number of ether oxygens (including phenoxy) is 1. The van der Waals surface area contributed by atoms with Crippen LogP contribution in [0.2, 0.25) is 0 Å². The van der Waals surface area contributed by atoms with Gasteiger partial charge in [-0.05, 0) is 81.1 Å². The highest BCUT2D eigenvalue weighted by atomic mass is 16.5. The minimum atomic E-state index is -0.336. The molecule has 19 heavy (non-hydrogen) atoms. The van der Waals surface area contributed by atoms with Crippen molar-refractivity contribution in [1.82, 2.24) is 5.32 Å². The Hall–Kier alpha value is -0.570. The standard InChI is InChI=1S/C16H25NO2/c1-19-15(18)16(3-2-4-17-16)14-12-6-10-5-11(8-12)9-13(14)7-10/h10-14,17H,2-9H2,1H3. The maximum atomic E-state index is 12.5. The van der Waals surface area contributed by atoms with Crippen LogP contribution in [0.15, 0.2) is 0 Å². The van der Waals surface area contributed by atoms with E-state index in [-0.39, 0.29) is 11.5 Å². The second kappa shape index (κ2) is 4.21. The van der Waals surface area contributed by atoms with E-state index in [2.05, 4.69) is 5.32 Å². The van der Waals surface area contributed by atoms with Gasteiger partial charge in [-0.15, -0.1) is 0 Å². The highest BCUT2D eigenvalue weighted by molar-refractivity contribution is 5.82. The summed E-state index contributed by atoms with van der Waals surface area (Å²) in [4.78, 5) is 12.5. The summed E-state index contributed by atoms with van der Waals surface area (Å²) >= 11 is 0. The van der Waals surface area contributed by atoms with Gasteiger partial charge in [0.1, 0.15) is 5.54 Å². The van der Waals surface area contributed by atoms with Crippen molar-refractivity contribution in [2.24, 2.45) is 29.6 Å². The second-order valence-electron chi connectivity index (χ2n) is 7.45. The summed E-state index contributed by atoms with van der Waals surface area (Å²) in [6.45, 7) is 0.984. The molecule has 0 spiro atoms. The Bertz CT molecular complexity index is 358. The van der Waals surface area contributed by atoms with E-state index in [0.29, 0.717) is 5.92 Å². The lowest BCUT2D eigenvalue weighted by atomic mass is 9.48. The average Bonchev–Trinajstić information content (AvgIpc) is 2.87.